The van der Waals surface area contributed by atoms with Crippen LogP contribution in [0.5, 0.6) is 0 Å². The first-order chi connectivity index (χ1) is 16.1. The van der Waals surface area contributed by atoms with Crippen LogP contribution in [0.3, 0.4) is 0 Å². The maximum absolute atomic E-state index is 14.8. The van der Waals surface area contributed by atoms with E-state index in [2.05, 4.69) is 67.3 Å². The largest absolute Gasteiger partial charge is 0.205 e. The van der Waals surface area contributed by atoms with Crippen LogP contribution in [0.2, 0.25) is 0 Å². The molecule has 0 radical (unpaired) electrons. The summed E-state index contributed by atoms with van der Waals surface area (Å²) in [6.45, 7) is 4.07. The van der Waals surface area contributed by atoms with Gasteiger partial charge in [0.05, 0.1) is 5.56 Å². The molecule has 164 valence electrons. The predicted octanol–water partition coefficient (Wildman–Crippen LogP) is 7.98. The van der Waals surface area contributed by atoms with E-state index >= 15 is 0 Å². The van der Waals surface area contributed by atoms with Crippen molar-refractivity contribution in [3.05, 3.63) is 130 Å². The topological polar surface area (TPSA) is 0 Å². The quantitative estimate of drug-likeness (QED) is 0.214. The highest BCUT2D eigenvalue weighted by Gasteiger charge is 2.05. The monoisotopic (exact) mass is 432 g/mol. The van der Waals surface area contributed by atoms with Gasteiger partial charge in [-0.05, 0) is 79.8 Å². The number of aryl methyl sites for hydroxylation is 4. The molecule has 0 heterocycles. The molecule has 0 saturated heterocycles. The Morgan fingerprint density at radius 3 is 2.03 bits per heavy atom. The Kier molecular flexibility index (Phi) is 7.38. The lowest BCUT2D eigenvalue weighted by atomic mass is 10.0. The van der Waals surface area contributed by atoms with Gasteiger partial charge in [0.25, 0.3) is 0 Å². The highest BCUT2D eigenvalue weighted by Crippen LogP contribution is 2.22. The van der Waals surface area contributed by atoms with Gasteiger partial charge in [0, 0.05) is 10.9 Å². The number of hydrogen-bond donors (Lipinski definition) is 0. The standard InChI is InChI=1S/C32H29F/c1-3-4-5-6-25-8-10-26(11-9-25)12-13-27-14-16-28(17-15-27)18-19-29-20-21-30-23-24(2)7-22-31(30)32(29)33/h3-4,7-11,14-17,20-23H,5-6,12-13H2,1-2H3/b4-3+. The summed E-state index contributed by atoms with van der Waals surface area (Å²) >= 11 is 0. The molecule has 0 saturated carbocycles. The maximum Gasteiger partial charge on any atom is 0.146 e. The molecule has 0 fully saturated rings. The van der Waals surface area contributed by atoms with Gasteiger partial charge in [-0.1, -0.05) is 90.2 Å². The van der Waals surface area contributed by atoms with E-state index in [1.807, 2.05) is 43.3 Å². The van der Waals surface area contributed by atoms with Gasteiger partial charge in [-0.2, -0.15) is 0 Å². The fourth-order valence-electron chi connectivity index (χ4n) is 3.98. The lowest BCUT2D eigenvalue weighted by molar-refractivity contribution is 0.636. The van der Waals surface area contributed by atoms with Gasteiger partial charge in [0.15, 0.2) is 0 Å². The second kappa shape index (κ2) is 10.8. The molecule has 0 atom stereocenters. The molecule has 0 aromatic heterocycles. The third-order valence-corrected chi connectivity index (χ3v) is 5.97. The fraction of sp³-hybridized carbons (Fsp3) is 0.188. The van der Waals surface area contributed by atoms with Gasteiger partial charge in [-0.25, -0.2) is 4.39 Å². The lowest BCUT2D eigenvalue weighted by Crippen LogP contribution is -1.92. The zero-order chi connectivity index (χ0) is 23.0. The number of halogens is 1. The van der Waals surface area contributed by atoms with Crippen molar-refractivity contribution in [1.82, 2.24) is 0 Å². The second-order valence-electron chi connectivity index (χ2n) is 8.52. The third-order valence-electron chi connectivity index (χ3n) is 5.97. The first kappa shape index (κ1) is 22.6. The number of rotatable bonds is 6. The third kappa shape index (κ3) is 5.99. The summed E-state index contributed by atoms with van der Waals surface area (Å²) in [4.78, 5) is 0. The van der Waals surface area contributed by atoms with Crippen LogP contribution in [0, 0.1) is 24.6 Å². The minimum absolute atomic E-state index is 0.246. The number of benzene rings is 4. The van der Waals surface area contributed by atoms with Gasteiger partial charge >= 0.3 is 0 Å². The van der Waals surface area contributed by atoms with Crippen molar-refractivity contribution in [1.29, 1.82) is 0 Å². The zero-order valence-corrected chi connectivity index (χ0v) is 19.4. The summed E-state index contributed by atoms with van der Waals surface area (Å²) in [6.07, 6.45) is 8.51. The molecule has 0 aliphatic heterocycles. The molecule has 0 aliphatic carbocycles. The summed E-state index contributed by atoms with van der Waals surface area (Å²) < 4.78 is 14.8. The van der Waals surface area contributed by atoms with Gasteiger partial charge in [0.1, 0.15) is 5.82 Å². The molecule has 0 unspecified atom stereocenters. The second-order valence-corrected chi connectivity index (χ2v) is 8.52. The van der Waals surface area contributed by atoms with E-state index in [0.29, 0.717) is 10.9 Å². The molecule has 0 N–H and O–H groups in total. The van der Waals surface area contributed by atoms with Crippen LogP contribution < -0.4 is 0 Å². The highest BCUT2D eigenvalue weighted by molar-refractivity contribution is 5.85. The normalized spacial score (nSPS) is 11.0. The summed E-state index contributed by atoms with van der Waals surface area (Å²) in [5, 5.41) is 1.53. The Labute approximate surface area is 196 Å². The Morgan fingerprint density at radius 1 is 0.727 bits per heavy atom. The first-order valence-corrected chi connectivity index (χ1v) is 11.6. The van der Waals surface area contributed by atoms with Crippen molar-refractivity contribution in [2.24, 2.45) is 0 Å². The van der Waals surface area contributed by atoms with Crippen molar-refractivity contribution < 1.29 is 4.39 Å². The Balaban J connectivity index is 1.37. The molecule has 4 rings (SSSR count). The van der Waals surface area contributed by atoms with E-state index in [0.717, 1.165) is 42.2 Å². The van der Waals surface area contributed by atoms with Crippen LogP contribution in [-0.4, -0.2) is 0 Å². The Bertz CT molecular complexity index is 1310. The average Bonchev–Trinajstić information content (AvgIpc) is 2.84. The first-order valence-electron chi connectivity index (χ1n) is 11.6. The van der Waals surface area contributed by atoms with Crippen molar-refractivity contribution in [3.63, 3.8) is 0 Å². The van der Waals surface area contributed by atoms with E-state index < -0.39 is 0 Å². The van der Waals surface area contributed by atoms with E-state index in [1.165, 1.54) is 16.7 Å². The fourth-order valence-corrected chi connectivity index (χ4v) is 3.98. The molecule has 0 spiro atoms. The SMILES string of the molecule is C/C=C/CCc1ccc(CCc2ccc(C#Cc3ccc4cc(C)ccc4c3F)cc2)cc1. The number of allylic oxidation sites excluding steroid dienone is 2. The van der Waals surface area contributed by atoms with E-state index in [-0.39, 0.29) is 5.82 Å². The molecule has 4 aromatic rings. The molecule has 0 aliphatic rings. The molecule has 4 aromatic carbocycles. The summed E-state index contributed by atoms with van der Waals surface area (Å²) in [6, 6.07) is 26.7. The van der Waals surface area contributed by atoms with Crippen LogP contribution in [0.15, 0.2) is 91.0 Å². The predicted molar refractivity (Wildman–Crippen MR) is 138 cm³/mol. The van der Waals surface area contributed by atoms with Crippen LogP contribution in [0.4, 0.5) is 4.39 Å². The van der Waals surface area contributed by atoms with E-state index in [1.54, 1.807) is 6.07 Å². The zero-order valence-electron chi connectivity index (χ0n) is 19.4. The van der Waals surface area contributed by atoms with Crippen molar-refractivity contribution >= 4 is 10.8 Å². The van der Waals surface area contributed by atoms with Gasteiger partial charge < -0.3 is 0 Å². The number of fused-ring (bicyclic) bond motifs is 1. The molecule has 1 heteroatoms. The number of hydrogen-bond acceptors (Lipinski definition) is 0. The lowest BCUT2D eigenvalue weighted by Gasteiger charge is -2.05. The molecular formula is C32H29F. The molecule has 33 heavy (non-hydrogen) atoms. The summed E-state index contributed by atoms with van der Waals surface area (Å²) in [5.74, 6) is 5.87. The molecule has 0 amide bonds. The molecular weight excluding hydrogens is 403 g/mol. The van der Waals surface area contributed by atoms with Crippen molar-refractivity contribution in [3.8, 4) is 11.8 Å². The van der Waals surface area contributed by atoms with Crippen LogP contribution in [0.1, 0.15) is 46.7 Å². The van der Waals surface area contributed by atoms with Crippen LogP contribution >= 0.6 is 0 Å². The van der Waals surface area contributed by atoms with Gasteiger partial charge in [-0.15, -0.1) is 0 Å². The van der Waals surface area contributed by atoms with E-state index in [4.69, 9.17) is 0 Å². The Morgan fingerprint density at radius 2 is 1.36 bits per heavy atom. The van der Waals surface area contributed by atoms with Gasteiger partial charge in [0.2, 0.25) is 0 Å². The Hall–Kier alpha value is -3.63. The average molecular weight is 433 g/mol. The van der Waals surface area contributed by atoms with Crippen molar-refractivity contribution in [2.75, 3.05) is 0 Å². The minimum Gasteiger partial charge on any atom is -0.205 e. The van der Waals surface area contributed by atoms with Gasteiger partial charge in [-0.3, -0.25) is 0 Å². The summed E-state index contributed by atoms with van der Waals surface area (Å²) in [5.41, 5.74) is 6.48. The highest BCUT2D eigenvalue weighted by atomic mass is 19.1. The van der Waals surface area contributed by atoms with Crippen LogP contribution in [-0.2, 0) is 19.3 Å². The summed E-state index contributed by atoms with van der Waals surface area (Å²) in [7, 11) is 0. The molecule has 0 bridgehead atoms. The minimum atomic E-state index is -0.246. The molecule has 0 nitrogen and oxygen atoms in total. The van der Waals surface area contributed by atoms with Crippen LogP contribution in [0.25, 0.3) is 10.8 Å². The van der Waals surface area contributed by atoms with E-state index in [9.17, 15) is 4.39 Å². The van der Waals surface area contributed by atoms with Crippen molar-refractivity contribution in [2.45, 2.75) is 39.5 Å². The smallest absolute Gasteiger partial charge is 0.146 e. The maximum atomic E-state index is 14.8.